The van der Waals surface area contributed by atoms with Crippen LogP contribution in [-0.4, -0.2) is 31.4 Å². The molecular formula is C11H15ClN2O4S2. The van der Waals surface area contributed by atoms with Crippen molar-refractivity contribution in [2.45, 2.75) is 24.3 Å². The Morgan fingerprint density at radius 3 is 2.70 bits per heavy atom. The first-order valence-corrected chi connectivity index (χ1v) is 8.98. The number of nitrogens with zero attached hydrogens (tertiary/aromatic N) is 1. The van der Waals surface area contributed by atoms with Gasteiger partial charge in [0.2, 0.25) is 10.0 Å². The Labute approximate surface area is 127 Å². The van der Waals surface area contributed by atoms with Gasteiger partial charge in [-0.2, -0.15) is 11.8 Å². The van der Waals surface area contributed by atoms with Crippen molar-refractivity contribution in [3.63, 3.8) is 0 Å². The van der Waals surface area contributed by atoms with E-state index in [4.69, 9.17) is 11.6 Å². The predicted molar refractivity (Wildman–Crippen MR) is 80.9 cm³/mol. The van der Waals surface area contributed by atoms with E-state index in [1.54, 1.807) is 18.7 Å². The second kappa shape index (κ2) is 7.26. The molecule has 1 unspecified atom stereocenters. The van der Waals surface area contributed by atoms with Crippen molar-refractivity contribution < 1.29 is 13.3 Å². The summed E-state index contributed by atoms with van der Waals surface area (Å²) in [6.07, 6.45) is 2.61. The number of thioether (sulfide) groups is 1. The molecular weight excluding hydrogens is 324 g/mol. The van der Waals surface area contributed by atoms with Gasteiger partial charge in [0.25, 0.3) is 5.69 Å². The van der Waals surface area contributed by atoms with Gasteiger partial charge >= 0.3 is 0 Å². The maximum absolute atomic E-state index is 12.1. The fourth-order valence-corrected chi connectivity index (χ4v) is 3.56. The van der Waals surface area contributed by atoms with Crippen molar-refractivity contribution in [2.24, 2.45) is 0 Å². The Kier molecular flexibility index (Phi) is 6.25. The maximum Gasteiger partial charge on any atom is 0.289 e. The quantitative estimate of drug-likeness (QED) is 0.609. The normalized spacial score (nSPS) is 13.2. The summed E-state index contributed by atoms with van der Waals surface area (Å²) in [5, 5.41) is 10.7. The van der Waals surface area contributed by atoms with Crippen LogP contribution in [0, 0.1) is 10.1 Å². The minimum absolute atomic E-state index is 0.0932. The van der Waals surface area contributed by atoms with Crippen LogP contribution in [0.2, 0.25) is 5.02 Å². The number of hydrogen-bond acceptors (Lipinski definition) is 5. The molecule has 0 amide bonds. The third-order valence-electron chi connectivity index (χ3n) is 2.54. The summed E-state index contributed by atoms with van der Waals surface area (Å²) >= 11 is 7.27. The largest absolute Gasteiger partial charge is 0.289 e. The lowest BCUT2D eigenvalue weighted by Gasteiger charge is -2.13. The van der Waals surface area contributed by atoms with E-state index in [2.05, 4.69) is 4.72 Å². The fraction of sp³-hybridized carbons (Fsp3) is 0.455. The summed E-state index contributed by atoms with van der Waals surface area (Å²) in [4.78, 5) is 9.90. The minimum Gasteiger partial charge on any atom is -0.258 e. The van der Waals surface area contributed by atoms with Crippen molar-refractivity contribution in [3.8, 4) is 0 Å². The Bertz CT molecular complexity index is 592. The number of nitro groups is 1. The fourth-order valence-electron chi connectivity index (χ4n) is 1.49. The zero-order valence-electron chi connectivity index (χ0n) is 11.0. The van der Waals surface area contributed by atoms with E-state index >= 15 is 0 Å². The van der Waals surface area contributed by atoms with Crippen molar-refractivity contribution in [1.82, 2.24) is 4.72 Å². The standard InChI is InChI=1S/C11H15ClN2O4S2/c1-8(5-6-19-2)13-20(17,18)9-3-4-10(12)11(7-9)14(15)16/h3-4,7-8,13H,5-6H2,1-2H3. The molecule has 0 aliphatic carbocycles. The third kappa shape index (κ3) is 4.62. The maximum atomic E-state index is 12.1. The molecule has 0 aliphatic rings. The second-order valence-electron chi connectivity index (χ2n) is 4.17. The molecule has 0 spiro atoms. The Morgan fingerprint density at radius 1 is 1.50 bits per heavy atom. The molecule has 0 aliphatic heterocycles. The molecule has 1 aromatic carbocycles. The molecule has 0 saturated heterocycles. The molecule has 0 saturated carbocycles. The van der Waals surface area contributed by atoms with Crippen LogP contribution in [-0.2, 0) is 10.0 Å². The first kappa shape index (κ1) is 17.2. The lowest BCUT2D eigenvalue weighted by Crippen LogP contribution is -2.33. The number of halogens is 1. The van der Waals surface area contributed by atoms with E-state index in [-0.39, 0.29) is 16.0 Å². The average Bonchev–Trinajstić information content (AvgIpc) is 2.35. The van der Waals surface area contributed by atoms with Crippen LogP contribution in [0.5, 0.6) is 0 Å². The number of rotatable bonds is 7. The molecule has 0 aromatic heterocycles. The van der Waals surface area contributed by atoms with Crippen molar-refractivity contribution in [2.75, 3.05) is 12.0 Å². The lowest BCUT2D eigenvalue weighted by atomic mass is 10.3. The predicted octanol–water partition coefficient (Wildman–Crippen LogP) is 2.67. The zero-order chi connectivity index (χ0) is 15.3. The molecule has 1 aromatic rings. The number of nitrogens with one attached hydrogen (secondary N) is 1. The van der Waals surface area contributed by atoms with Crippen LogP contribution >= 0.6 is 23.4 Å². The van der Waals surface area contributed by atoms with Crippen LogP contribution in [0.1, 0.15) is 13.3 Å². The molecule has 1 atom stereocenters. The van der Waals surface area contributed by atoms with Crippen molar-refractivity contribution in [3.05, 3.63) is 33.3 Å². The topological polar surface area (TPSA) is 89.3 Å². The Hall–Kier alpha value is -0.830. The smallest absolute Gasteiger partial charge is 0.258 e. The van der Waals surface area contributed by atoms with Crippen LogP contribution in [0.4, 0.5) is 5.69 Å². The van der Waals surface area contributed by atoms with Gasteiger partial charge in [0, 0.05) is 12.1 Å². The zero-order valence-corrected chi connectivity index (χ0v) is 13.4. The van der Waals surface area contributed by atoms with Gasteiger partial charge in [-0.3, -0.25) is 10.1 Å². The van der Waals surface area contributed by atoms with Gasteiger partial charge in [-0.05, 0) is 37.5 Å². The van der Waals surface area contributed by atoms with E-state index in [1.165, 1.54) is 12.1 Å². The van der Waals surface area contributed by atoms with Crippen LogP contribution in [0.3, 0.4) is 0 Å². The summed E-state index contributed by atoms with van der Waals surface area (Å²) in [6, 6.07) is 3.17. The minimum atomic E-state index is -3.79. The van der Waals surface area contributed by atoms with Crippen LogP contribution in [0.15, 0.2) is 23.1 Å². The summed E-state index contributed by atoms with van der Waals surface area (Å²) in [5.41, 5.74) is -0.425. The van der Waals surface area contributed by atoms with E-state index in [1.807, 2.05) is 6.26 Å². The molecule has 20 heavy (non-hydrogen) atoms. The number of benzene rings is 1. The molecule has 0 heterocycles. The highest BCUT2D eigenvalue weighted by molar-refractivity contribution is 7.98. The van der Waals surface area contributed by atoms with Crippen molar-refractivity contribution >= 4 is 39.1 Å². The molecule has 0 radical (unpaired) electrons. The van der Waals surface area contributed by atoms with Crippen molar-refractivity contribution in [1.29, 1.82) is 0 Å². The number of nitro benzene ring substituents is 1. The van der Waals surface area contributed by atoms with Gasteiger partial charge in [-0.1, -0.05) is 11.6 Å². The summed E-state index contributed by atoms with van der Waals surface area (Å²) in [7, 11) is -3.79. The van der Waals surface area contributed by atoms with Gasteiger partial charge in [0.15, 0.2) is 0 Å². The number of sulfonamides is 1. The average molecular weight is 339 g/mol. The van der Waals surface area contributed by atoms with E-state index in [9.17, 15) is 18.5 Å². The monoisotopic (exact) mass is 338 g/mol. The molecule has 0 bridgehead atoms. The highest BCUT2D eigenvalue weighted by atomic mass is 35.5. The van der Waals surface area contributed by atoms with Gasteiger partial charge < -0.3 is 0 Å². The molecule has 112 valence electrons. The summed E-state index contributed by atoms with van der Waals surface area (Å²) in [6.45, 7) is 1.75. The SMILES string of the molecule is CSCCC(C)NS(=O)(=O)c1ccc(Cl)c([N+](=O)[O-])c1. The molecule has 0 fully saturated rings. The highest BCUT2D eigenvalue weighted by Crippen LogP contribution is 2.27. The van der Waals surface area contributed by atoms with E-state index in [0.717, 1.165) is 11.8 Å². The molecule has 6 nitrogen and oxygen atoms in total. The Balaban J connectivity index is 2.98. The van der Waals surface area contributed by atoms with Gasteiger partial charge in [-0.15, -0.1) is 0 Å². The van der Waals surface area contributed by atoms with E-state index < -0.39 is 20.6 Å². The number of hydrogen-bond donors (Lipinski definition) is 1. The molecule has 1 N–H and O–H groups in total. The lowest BCUT2D eigenvalue weighted by molar-refractivity contribution is -0.384. The first-order chi connectivity index (χ1) is 9.27. The van der Waals surface area contributed by atoms with Crippen LogP contribution < -0.4 is 4.72 Å². The third-order valence-corrected chi connectivity index (χ3v) is 5.09. The first-order valence-electron chi connectivity index (χ1n) is 5.73. The van der Waals surface area contributed by atoms with Crippen LogP contribution in [0.25, 0.3) is 0 Å². The van der Waals surface area contributed by atoms with Gasteiger partial charge in [-0.25, -0.2) is 13.1 Å². The highest BCUT2D eigenvalue weighted by Gasteiger charge is 2.22. The summed E-state index contributed by atoms with van der Waals surface area (Å²) < 4.78 is 26.7. The molecule has 9 heteroatoms. The second-order valence-corrected chi connectivity index (χ2v) is 7.28. The Morgan fingerprint density at radius 2 is 2.15 bits per heavy atom. The van der Waals surface area contributed by atoms with Gasteiger partial charge in [0.05, 0.1) is 9.82 Å². The van der Waals surface area contributed by atoms with E-state index in [0.29, 0.717) is 6.42 Å². The summed E-state index contributed by atoms with van der Waals surface area (Å²) in [5.74, 6) is 0.824. The van der Waals surface area contributed by atoms with Gasteiger partial charge in [0.1, 0.15) is 5.02 Å². The molecule has 1 rings (SSSR count).